The molecular formula is C17H26ClN3O3. The van der Waals surface area contributed by atoms with Crippen molar-refractivity contribution in [3.63, 3.8) is 0 Å². The van der Waals surface area contributed by atoms with Crippen LogP contribution in [0.2, 0.25) is 0 Å². The summed E-state index contributed by atoms with van der Waals surface area (Å²) in [5.41, 5.74) is 0.726. The Morgan fingerprint density at radius 3 is 2.79 bits per heavy atom. The number of para-hydroxylation sites is 2. The van der Waals surface area contributed by atoms with Crippen LogP contribution in [0.3, 0.4) is 0 Å². The van der Waals surface area contributed by atoms with Gasteiger partial charge in [-0.2, -0.15) is 0 Å². The first-order valence-corrected chi connectivity index (χ1v) is 8.10. The Kier molecular flexibility index (Phi) is 8.01. The number of rotatable bonds is 7. The van der Waals surface area contributed by atoms with Crippen LogP contribution in [0, 0.1) is 0 Å². The van der Waals surface area contributed by atoms with Gasteiger partial charge in [0.25, 0.3) is 5.91 Å². The van der Waals surface area contributed by atoms with E-state index in [1.165, 1.54) is 0 Å². The molecule has 1 aliphatic heterocycles. The number of benzene rings is 1. The molecule has 1 aromatic rings. The number of fused-ring (bicyclic) bond motifs is 1. The van der Waals surface area contributed by atoms with Gasteiger partial charge in [-0.15, -0.1) is 12.4 Å². The molecule has 0 saturated heterocycles. The van der Waals surface area contributed by atoms with E-state index < -0.39 is 6.10 Å². The van der Waals surface area contributed by atoms with Gasteiger partial charge in [-0.3, -0.25) is 9.59 Å². The van der Waals surface area contributed by atoms with Gasteiger partial charge in [-0.25, -0.2) is 0 Å². The first kappa shape index (κ1) is 20.3. The zero-order valence-corrected chi connectivity index (χ0v) is 15.2. The maximum Gasteiger partial charge on any atom is 0.267 e. The quantitative estimate of drug-likeness (QED) is 0.781. The van der Waals surface area contributed by atoms with Crippen molar-refractivity contribution >= 4 is 29.9 Å². The van der Waals surface area contributed by atoms with Crippen molar-refractivity contribution in [3.8, 4) is 5.75 Å². The van der Waals surface area contributed by atoms with E-state index in [1.54, 1.807) is 11.8 Å². The maximum atomic E-state index is 12.3. The smallest absolute Gasteiger partial charge is 0.267 e. The summed E-state index contributed by atoms with van der Waals surface area (Å²) in [6, 6.07) is 7.63. The minimum Gasteiger partial charge on any atom is -0.479 e. The van der Waals surface area contributed by atoms with Crippen LogP contribution in [0.5, 0.6) is 5.75 Å². The van der Waals surface area contributed by atoms with Crippen LogP contribution in [0.4, 0.5) is 5.69 Å². The average molecular weight is 356 g/mol. The molecule has 1 aliphatic rings. The van der Waals surface area contributed by atoms with E-state index in [4.69, 9.17) is 4.74 Å². The summed E-state index contributed by atoms with van der Waals surface area (Å²) in [5.74, 6) is 0.512. The Bertz CT molecular complexity index is 568. The molecule has 0 radical (unpaired) electrons. The fraction of sp³-hybridized carbons (Fsp3) is 0.529. The zero-order valence-electron chi connectivity index (χ0n) is 14.4. The van der Waals surface area contributed by atoms with Gasteiger partial charge < -0.3 is 20.3 Å². The SMILES string of the molecule is CCN[C@H](C)CNC(=O)CCN1C(=O)C(C)Oc2ccccc21.Cl. The van der Waals surface area contributed by atoms with Gasteiger partial charge in [0.2, 0.25) is 5.91 Å². The number of likely N-dealkylation sites (N-methyl/N-ethyl adjacent to an activating group) is 1. The average Bonchev–Trinajstić information content (AvgIpc) is 2.53. The molecule has 1 unspecified atom stereocenters. The molecule has 0 fully saturated rings. The fourth-order valence-electron chi connectivity index (χ4n) is 2.58. The number of nitrogens with one attached hydrogen (secondary N) is 2. The monoisotopic (exact) mass is 355 g/mol. The third kappa shape index (κ3) is 5.11. The van der Waals surface area contributed by atoms with Crippen molar-refractivity contribution in [2.45, 2.75) is 39.3 Å². The van der Waals surface area contributed by atoms with E-state index in [0.717, 1.165) is 12.2 Å². The van der Waals surface area contributed by atoms with E-state index in [0.29, 0.717) is 18.8 Å². The molecule has 0 aromatic heterocycles. The Labute approximate surface area is 149 Å². The van der Waals surface area contributed by atoms with Crippen LogP contribution in [-0.2, 0) is 9.59 Å². The number of nitrogens with zero attached hydrogens (tertiary/aromatic N) is 1. The first-order valence-electron chi connectivity index (χ1n) is 8.10. The Morgan fingerprint density at radius 1 is 1.38 bits per heavy atom. The topological polar surface area (TPSA) is 70.7 Å². The number of halogens is 1. The lowest BCUT2D eigenvalue weighted by Gasteiger charge is -2.32. The second-order valence-electron chi connectivity index (χ2n) is 5.73. The molecular weight excluding hydrogens is 330 g/mol. The maximum absolute atomic E-state index is 12.3. The molecule has 7 heteroatoms. The summed E-state index contributed by atoms with van der Waals surface area (Å²) >= 11 is 0. The summed E-state index contributed by atoms with van der Waals surface area (Å²) < 4.78 is 5.59. The van der Waals surface area contributed by atoms with E-state index >= 15 is 0 Å². The lowest BCUT2D eigenvalue weighted by atomic mass is 10.1. The van der Waals surface area contributed by atoms with Gasteiger partial charge in [0.05, 0.1) is 5.69 Å². The van der Waals surface area contributed by atoms with Crippen LogP contribution < -0.4 is 20.3 Å². The normalized spacial score (nSPS) is 17.4. The standard InChI is InChI=1S/C17H25N3O3.ClH/c1-4-18-12(2)11-19-16(21)9-10-20-14-7-5-6-8-15(14)23-13(3)17(20)22;/h5-8,12-13,18H,4,9-11H2,1-3H3,(H,19,21);1H/t12-,13?;/m1./s1. The van der Waals surface area contributed by atoms with Crippen molar-refractivity contribution in [2.75, 3.05) is 24.5 Å². The number of hydrogen-bond donors (Lipinski definition) is 2. The summed E-state index contributed by atoms with van der Waals surface area (Å²) in [4.78, 5) is 25.9. The summed E-state index contributed by atoms with van der Waals surface area (Å²) in [6.07, 6.45) is -0.257. The molecule has 2 N–H and O–H groups in total. The van der Waals surface area contributed by atoms with Crippen molar-refractivity contribution in [1.29, 1.82) is 0 Å². The molecule has 1 aromatic carbocycles. The number of ether oxygens (including phenoxy) is 1. The molecule has 24 heavy (non-hydrogen) atoms. The highest BCUT2D eigenvalue weighted by Gasteiger charge is 2.31. The minimum atomic E-state index is -0.526. The summed E-state index contributed by atoms with van der Waals surface area (Å²) in [7, 11) is 0. The van der Waals surface area contributed by atoms with Gasteiger partial charge >= 0.3 is 0 Å². The number of amides is 2. The van der Waals surface area contributed by atoms with Crippen LogP contribution in [0.25, 0.3) is 0 Å². The zero-order chi connectivity index (χ0) is 16.8. The first-order chi connectivity index (χ1) is 11.0. The molecule has 0 bridgehead atoms. The summed E-state index contributed by atoms with van der Waals surface area (Å²) in [5, 5.41) is 6.12. The minimum absolute atomic E-state index is 0. The van der Waals surface area contributed by atoms with E-state index in [2.05, 4.69) is 10.6 Å². The number of carbonyl (C=O) groups excluding carboxylic acids is 2. The van der Waals surface area contributed by atoms with Gasteiger partial charge in [-0.1, -0.05) is 19.1 Å². The van der Waals surface area contributed by atoms with E-state index in [-0.39, 0.29) is 36.7 Å². The predicted octanol–water partition coefficient (Wildman–Crippen LogP) is 1.73. The highest BCUT2D eigenvalue weighted by Crippen LogP contribution is 2.33. The number of carbonyl (C=O) groups is 2. The highest BCUT2D eigenvalue weighted by atomic mass is 35.5. The largest absolute Gasteiger partial charge is 0.479 e. The van der Waals surface area contributed by atoms with Gasteiger partial charge in [0, 0.05) is 25.6 Å². The molecule has 2 atom stereocenters. The Balaban J connectivity index is 0.00000288. The third-order valence-electron chi connectivity index (χ3n) is 3.79. The second kappa shape index (κ2) is 9.49. The van der Waals surface area contributed by atoms with Gasteiger partial charge in [-0.05, 0) is 32.5 Å². The molecule has 2 rings (SSSR count). The van der Waals surface area contributed by atoms with Crippen LogP contribution in [0.15, 0.2) is 24.3 Å². The van der Waals surface area contributed by atoms with Crippen LogP contribution in [0.1, 0.15) is 27.2 Å². The van der Waals surface area contributed by atoms with Crippen molar-refractivity contribution in [2.24, 2.45) is 0 Å². The number of hydrogen-bond acceptors (Lipinski definition) is 4. The molecule has 1 heterocycles. The van der Waals surface area contributed by atoms with E-state index in [1.807, 2.05) is 38.1 Å². The van der Waals surface area contributed by atoms with Crippen molar-refractivity contribution in [1.82, 2.24) is 10.6 Å². The van der Waals surface area contributed by atoms with Crippen LogP contribution in [-0.4, -0.2) is 43.6 Å². The molecule has 0 saturated carbocycles. The van der Waals surface area contributed by atoms with Crippen molar-refractivity contribution in [3.05, 3.63) is 24.3 Å². The second-order valence-corrected chi connectivity index (χ2v) is 5.73. The van der Waals surface area contributed by atoms with Gasteiger partial charge in [0.15, 0.2) is 6.10 Å². The van der Waals surface area contributed by atoms with Gasteiger partial charge in [0.1, 0.15) is 5.75 Å². The molecule has 0 spiro atoms. The van der Waals surface area contributed by atoms with E-state index in [9.17, 15) is 9.59 Å². The lowest BCUT2D eigenvalue weighted by Crippen LogP contribution is -2.46. The molecule has 134 valence electrons. The molecule has 0 aliphatic carbocycles. The Hall–Kier alpha value is -1.79. The fourth-order valence-corrected chi connectivity index (χ4v) is 2.58. The predicted molar refractivity (Wildman–Crippen MR) is 96.9 cm³/mol. The molecule has 2 amide bonds. The lowest BCUT2D eigenvalue weighted by molar-refractivity contribution is -0.125. The van der Waals surface area contributed by atoms with Crippen LogP contribution >= 0.6 is 12.4 Å². The third-order valence-corrected chi connectivity index (χ3v) is 3.79. The summed E-state index contributed by atoms with van der Waals surface area (Å²) in [6.45, 7) is 7.58. The Morgan fingerprint density at radius 2 is 2.08 bits per heavy atom. The number of anilines is 1. The highest BCUT2D eigenvalue weighted by molar-refractivity contribution is 6.00. The van der Waals surface area contributed by atoms with Crippen molar-refractivity contribution < 1.29 is 14.3 Å². The molecule has 6 nitrogen and oxygen atoms in total.